The number of anilines is 1. The van der Waals surface area contributed by atoms with Gasteiger partial charge >= 0.3 is 0 Å². The first-order chi connectivity index (χ1) is 14.6. The van der Waals surface area contributed by atoms with Gasteiger partial charge in [-0.25, -0.2) is 8.42 Å². The number of fused-ring (bicyclic) bond motifs is 1. The highest BCUT2D eigenvalue weighted by Crippen LogP contribution is 2.37. The third-order valence-corrected chi connectivity index (χ3v) is 6.41. The Hall–Kier alpha value is -2.45. The maximum atomic E-state index is 13.1. The molecule has 2 atom stereocenters. The van der Waals surface area contributed by atoms with Crippen molar-refractivity contribution in [3.63, 3.8) is 0 Å². The number of halogens is 1. The van der Waals surface area contributed by atoms with Crippen molar-refractivity contribution in [2.24, 2.45) is 5.92 Å². The van der Waals surface area contributed by atoms with Crippen LogP contribution in [0.15, 0.2) is 42.5 Å². The van der Waals surface area contributed by atoms with Crippen LogP contribution >= 0.6 is 11.6 Å². The molecule has 7 nitrogen and oxygen atoms in total. The number of hydrogen-bond acceptors (Lipinski definition) is 5. The van der Waals surface area contributed by atoms with Crippen molar-refractivity contribution < 1.29 is 22.7 Å². The monoisotopic (exact) mass is 466 g/mol. The zero-order valence-electron chi connectivity index (χ0n) is 18.0. The number of hydrogen-bond donors (Lipinski definition) is 1. The lowest BCUT2D eigenvalue weighted by Gasteiger charge is -2.35. The van der Waals surface area contributed by atoms with Crippen molar-refractivity contribution in [2.75, 3.05) is 24.2 Å². The number of sulfonamides is 1. The molecule has 168 valence electrons. The number of carbonyl (C=O) groups is 1. The minimum absolute atomic E-state index is 0.130. The number of rotatable bonds is 7. The topological polar surface area (TPSA) is 84.9 Å². The van der Waals surface area contributed by atoms with Gasteiger partial charge in [-0.2, -0.15) is 0 Å². The number of ether oxygens (including phenoxy) is 2. The van der Waals surface area contributed by atoms with E-state index < -0.39 is 16.1 Å². The second kappa shape index (κ2) is 9.36. The van der Waals surface area contributed by atoms with Crippen LogP contribution in [0.1, 0.15) is 31.9 Å². The molecule has 2 aromatic rings. The lowest BCUT2D eigenvalue weighted by atomic mass is 9.96. The van der Waals surface area contributed by atoms with Crippen molar-refractivity contribution in [3.8, 4) is 11.5 Å². The van der Waals surface area contributed by atoms with Gasteiger partial charge in [0.1, 0.15) is 11.5 Å². The summed E-state index contributed by atoms with van der Waals surface area (Å²) in [5.74, 6) is 0.977. The summed E-state index contributed by atoms with van der Waals surface area (Å²) in [6.07, 6.45) is 0.820. The fourth-order valence-electron chi connectivity index (χ4n) is 3.53. The molecule has 9 heteroatoms. The standard InChI is InChI=1S/C22H27ClN2O5S/c1-14(2)11-18(15-5-8-17(29-3)9-6-15)24-22(26)21-13-25(31(4,27)28)19-12-16(23)7-10-20(19)30-21/h5-10,12,14,18,21H,11,13H2,1-4H3,(H,24,26)/t18-,21+/m0/s1. The Balaban J connectivity index is 1.85. The van der Waals surface area contributed by atoms with Gasteiger partial charge < -0.3 is 14.8 Å². The molecule has 0 saturated carbocycles. The molecule has 0 aliphatic carbocycles. The summed E-state index contributed by atoms with van der Waals surface area (Å²) >= 11 is 6.03. The van der Waals surface area contributed by atoms with Gasteiger partial charge in [0.2, 0.25) is 10.0 Å². The lowest BCUT2D eigenvalue weighted by molar-refractivity contribution is -0.128. The highest BCUT2D eigenvalue weighted by molar-refractivity contribution is 7.92. The second-order valence-corrected chi connectivity index (χ2v) is 10.3. The third-order valence-electron chi connectivity index (χ3n) is 5.03. The molecule has 0 aromatic heterocycles. The molecule has 0 bridgehead atoms. The minimum Gasteiger partial charge on any atom is -0.497 e. The summed E-state index contributed by atoms with van der Waals surface area (Å²) in [6, 6.07) is 12.0. The molecule has 1 aliphatic rings. The van der Waals surface area contributed by atoms with Crippen molar-refractivity contribution in [3.05, 3.63) is 53.1 Å². The van der Waals surface area contributed by atoms with E-state index >= 15 is 0 Å². The van der Waals surface area contributed by atoms with E-state index in [1.54, 1.807) is 19.2 Å². The highest BCUT2D eigenvalue weighted by atomic mass is 35.5. The fourth-order valence-corrected chi connectivity index (χ4v) is 4.60. The Morgan fingerprint density at radius 1 is 1.26 bits per heavy atom. The Bertz CT molecular complexity index is 1040. The van der Waals surface area contributed by atoms with Gasteiger partial charge in [-0.15, -0.1) is 0 Å². The quantitative estimate of drug-likeness (QED) is 0.671. The van der Waals surface area contributed by atoms with E-state index in [2.05, 4.69) is 19.2 Å². The molecule has 1 aliphatic heterocycles. The lowest BCUT2D eigenvalue weighted by Crippen LogP contribution is -2.51. The fraction of sp³-hybridized carbons (Fsp3) is 0.409. The third kappa shape index (κ3) is 5.62. The van der Waals surface area contributed by atoms with Gasteiger partial charge in [0.05, 0.1) is 31.6 Å². The SMILES string of the molecule is COc1ccc([C@H](CC(C)C)NC(=O)[C@H]2CN(S(C)(=O)=O)c3cc(Cl)ccc3O2)cc1. The van der Waals surface area contributed by atoms with Crippen LogP contribution < -0.4 is 19.1 Å². The first-order valence-electron chi connectivity index (χ1n) is 9.96. The molecule has 1 N–H and O–H groups in total. The van der Waals surface area contributed by atoms with Crippen LogP contribution in [0.5, 0.6) is 11.5 Å². The summed E-state index contributed by atoms with van der Waals surface area (Å²) in [7, 11) is -2.03. The normalized spacial score (nSPS) is 17.0. The first-order valence-corrected chi connectivity index (χ1v) is 12.2. The number of benzene rings is 2. The van der Waals surface area contributed by atoms with E-state index in [0.717, 1.165) is 21.9 Å². The maximum absolute atomic E-state index is 13.1. The summed E-state index contributed by atoms with van der Waals surface area (Å²) in [5, 5.41) is 3.42. The van der Waals surface area contributed by atoms with Crippen LogP contribution in [-0.4, -0.2) is 40.3 Å². The van der Waals surface area contributed by atoms with E-state index in [-0.39, 0.29) is 18.5 Å². The summed E-state index contributed by atoms with van der Waals surface area (Å²) < 4.78 is 37.0. The first kappa shape index (κ1) is 23.2. The number of nitrogens with zero attached hydrogens (tertiary/aromatic N) is 1. The Labute approximate surface area is 188 Å². The van der Waals surface area contributed by atoms with E-state index in [9.17, 15) is 13.2 Å². The van der Waals surface area contributed by atoms with Crippen molar-refractivity contribution in [1.82, 2.24) is 5.32 Å². The van der Waals surface area contributed by atoms with E-state index in [1.165, 1.54) is 6.07 Å². The van der Waals surface area contributed by atoms with Crippen LogP contribution in [0.25, 0.3) is 0 Å². The van der Waals surface area contributed by atoms with Gasteiger partial charge in [0, 0.05) is 5.02 Å². The average Bonchev–Trinajstić information content (AvgIpc) is 2.71. The highest BCUT2D eigenvalue weighted by Gasteiger charge is 2.36. The molecule has 0 spiro atoms. The molecule has 0 radical (unpaired) electrons. The maximum Gasteiger partial charge on any atom is 0.263 e. The van der Waals surface area contributed by atoms with E-state index in [1.807, 2.05) is 24.3 Å². The van der Waals surface area contributed by atoms with E-state index in [0.29, 0.717) is 28.8 Å². The van der Waals surface area contributed by atoms with Crippen LogP contribution in [0.4, 0.5) is 5.69 Å². The molecular formula is C22H27ClN2O5S. The zero-order valence-corrected chi connectivity index (χ0v) is 19.5. The van der Waals surface area contributed by atoms with Crippen LogP contribution in [0.2, 0.25) is 5.02 Å². The molecular weight excluding hydrogens is 440 g/mol. The zero-order chi connectivity index (χ0) is 22.8. The Morgan fingerprint density at radius 3 is 2.52 bits per heavy atom. The van der Waals surface area contributed by atoms with Crippen molar-refractivity contribution in [1.29, 1.82) is 0 Å². The number of amides is 1. The molecule has 31 heavy (non-hydrogen) atoms. The molecule has 2 aromatic carbocycles. The summed E-state index contributed by atoms with van der Waals surface area (Å²) in [6.45, 7) is 4.02. The van der Waals surface area contributed by atoms with Crippen molar-refractivity contribution >= 4 is 33.2 Å². The van der Waals surface area contributed by atoms with Crippen molar-refractivity contribution in [2.45, 2.75) is 32.4 Å². The molecule has 1 heterocycles. The van der Waals surface area contributed by atoms with Gasteiger partial charge in [-0.05, 0) is 48.2 Å². The molecule has 0 fully saturated rings. The smallest absolute Gasteiger partial charge is 0.263 e. The predicted molar refractivity (Wildman–Crippen MR) is 121 cm³/mol. The molecule has 1 amide bonds. The van der Waals surface area contributed by atoms with Gasteiger partial charge in [0.15, 0.2) is 6.10 Å². The predicted octanol–water partition coefficient (Wildman–Crippen LogP) is 3.78. The number of methoxy groups -OCH3 is 1. The Morgan fingerprint density at radius 2 is 1.94 bits per heavy atom. The average molecular weight is 467 g/mol. The van der Waals surface area contributed by atoms with Gasteiger partial charge in [-0.3, -0.25) is 9.10 Å². The van der Waals surface area contributed by atoms with E-state index in [4.69, 9.17) is 21.1 Å². The molecule has 0 saturated heterocycles. The largest absolute Gasteiger partial charge is 0.497 e. The molecule has 0 unspecified atom stereocenters. The van der Waals surface area contributed by atoms with Gasteiger partial charge in [-0.1, -0.05) is 37.6 Å². The second-order valence-electron chi connectivity index (χ2n) is 7.98. The van der Waals surface area contributed by atoms with Crippen LogP contribution in [-0.2, 0) is 14.8 Å². The minimum atomic E-state index is -3.63. The number of carbonyl (C=O) groups excluding carboxylic acids is 1. The summed E-state index contributed by atoms with van der Waals surface area (Å²) in [5.41, 5.74) is 1.26. The Kier molecular flexibility index (Phi) is 7.01. The summed E-state index contributed by atoms with van der Waals surface area (Å²) in [4.78, 5) is 13.1. The molecule has 3 rings (SSSR count). The van der Waals surface area contributed by atoms with Crippen LogP contribution in [0.3, 0.4) is 0 Å². The van der Waals surface area contributed by atoms with Crippen LogP contribution in [0, 0.1) is 5.92 Å². The number of nitrogens with one attached hydrogen (secondary N) is 1. The van der Waals surface area contributed by atoms with Gasteiger partial charge in [0.25, 0.3) is 5.91 Å².